The van der Waals surface area contributed by atoms with Crippen molar-refractivity contribution in [2.75, 3.05) is 10.2 Å². The van der Waals surface area contributed by atoms with E-state index in [0.717, 1.165) is 16.3 Å². The zero-order chi connectivity index (χ0) is 18.0. The molecule has 2 N–H and O–H groups in total. The van der Waals surface area contributed by atoms with E-state index in [1.54, 1.807) is 6.07 Å². The Morgan fingerprint density at radius 2 is 2.16 bits per heavy atom. The van der Waals surface area contributed by atoms with E-state index in [2.05, 4.69) is 36.5 Å². The number of benzene rings is 1. The summed E-state index contributed by atoms with van der Waals surface area (Å²) >= 11 is 11.3. The number of nitrogens with one attached hydrogen (secondary N) is 2. The fourth-order valence-electron chi connectivity index (χ4n) is 2.49. The van der Waals surface area contributed by atoms with Gasteiger partial charge in [-0.25, -0.2) is 9.97 Å². The highest BCUT2D eigenvalue weighted by Gasteiger charge is 2.29. The average molecular weight is 441 g/mol. The summed E-state index contributed by atoms with van der Waals surface area (Å²) in [5.74, 6) is 1.33. The van der Waals surface area contributed by atoms with Gasteiger partial charge in [0.25, 0.3) is 0 Å². The van der Waals surface area contributed by atoms with Gasteiger partial charge in [-0.1, -0.05) is 35.5 Å². The Morgan fingerprint density at radius 3 is 2.84 bits per heavy atom. The lowest BCUT2D eigenvalue weighted by Crippen LogP contribution is -2.32. The van der Waals surface area contributed by atoms with Gasteiger partial charge in [0.1, 0.15) is 16.2 Å². The Labute approximate surface area is 163 Å². The molecule has 1 aliphatic heterocycles. The van der Waals surface area contributed by atoms with Crippen molar-refractivity contribution in [1.82, 2.24) is 15.3 Å². The van der Waals surface area contributed by atoms with Crippen molar-refractivity contribution in [2.45, 2.75) is 19.3 Å². The average Bonchev–Trinajstić information content (AvgIpc) is 2.89. The second-order valence-corrected chi connectivity index (χ2v) is 7.65. The van der Waals surface area contributed by atoms with E-state index in [1.807, 2.05) is 43.1 Å². The minimum Gasteiger partial charge on any atom is -0.341 e. The molecule has 1 unspecified atom stereocenters. The largest absolute Gasteiger partial charge is 0.341 e. The maximum Gasteiger partial charge on any atom is 0.211 e. The number of aryl methyl sites for hydroxylation is 2. The van der Waals surface area contributed by atoms with Crippen LogP contribution in [0.4, 0.5) is 11.5 Å². The molecule has 3 rings (SSSR count). The molecule has 2 heterocycles. The van der Waals surface area contributed by atoms with Gasteiger partial charge in [-0.2, -0.15) is 0 Å². The number of para-hydroxylation sites is 1. The van der Waals surface area contributed by atoms with E-state index in [-0.39, 0.29) is 5.50 Å². The van der Waals surface area contributed by atoms with Crippen molar-refractivity contribution in [1.29, 1.82) is 0 Å². The van der Waals surface area contributed by atoms with E-state index < -0.39 is 0 Å². The smallest absolute Gasteiger partial charge is 0.211 e. The van der Waals surface area contributed by atoms with Gasteiger partial charge < -0.3 is 15.5 Å². The molecule has 2 aromatic rings. The SMILES string of the molecule is Cc1nc(Br)cc(NC2SC(NC=O)=CN2c2c(C)cccc2Cl)n1. The maximum atomic E-state index is 10.8. The van der Waals surface area contributed by atoms with Crippen LogP contribution in [0.2, 0.25) is 5.02 Å². The van der Waals surface area contributed by atoms with Gasteiger partial charge >= 0.3 is 0 Å². The van der Waals surface area contributed by atoms with E-state index in [4.69, 9.17) is 11.6 Å². The molecule has 0 saturated heterocycles. The molecule has 1 aliphatic rings. The Bertz CT molecular complexity index is 807. The third-order valence-corrected chi connectivity index (χ3v) is 5.23. The zero-order valence-corrected chi connectivity index (χ0v) is 16.6. The molecule has 0 saturated carbocycles. The quantitative estimate of drug-likeness (QED) is 0.541. The molecule has 0 spiro atoms. The van der Waals surface area contributed by atoms with Crippen molar-refractivity contribution >= 4 is 57.2 Å². The minimum atomic E-state index is -0.220. The number of aromatic nitrogens is 2. The van der Waals surface area contributed by atoms with E-state index in [9.17, 15) is 4.79 Å². The summed E-state index contributed by atoms with van der Waals surface area (Å²) in [6.45, 7) is 3.82. The van der Waals surface area contributed by atoms with Crippen LogP contribution in [0.15, 0.2) is 40.1 Å². The van der Waals surface area contributed by atoms with Crippen LogP contribution in [-0.4, -0.2) is 21.9 Å². The van der Waals surface area contributed by atoms with Gasteiger partial charge in [0.05, 0.1) is 15.7 Å². The van der Waals surface area contributed by atoms with Crippen molar-refractivity contribution in [3.63, 3.8) is 0 Å². The van der Waals surface area contributed by atoms with Gasteiger partial charge in [0.2, 0.25) is 6.41 Å². The van der Waals surface area contributed by atoms with Gasteiger partial charge in [-0.15, -0.1) is 0 Å². The lowest BCUT2D eigenvalue weighted by molar-refractivity contribution is -0.108. The number of anilines is 2. The number of hydrogen-bond donors (Lipinski definition) is 2. The summed E-state index contributed by atoms with van der Waals surface area (Å²) in [5, 5.41) is 7.41. The molecule has 0 fully saturated rings. The molecule has 1 aromatic heterocycles. The molecule has 0 aliphatic carbocycles. The molecule has 6 nitrogen and oxygen atoms in total. The molecule has 0 bridgehead atoms. The fourth-order valence-corrected chi connectivity index (χ4v) is 4.28. The first-order chi connectivity index (χ1) is 12.0. The predicted molar refractivity (Wildman–Crippen MR) is 105 cm³/mol. The Balaban J connectivity index is 1.95. The number of nitrogens with zero attached hydrogens (tertiary/aromatic N) is 3. The molecule has 9 heteroatoms. The van der Waals surface area contributed by atoms with Gasteiger partial charge in [0.15, 0.2) is 5.50 Å². The maximum absolute atomic E-state index is 10.8. The van der Waals surface area contributed by atoms with Crippen molar-refractivity contribution in [2.24, 2.45) is 0 Å². The lowest BCUT2D eigenvalue weighted by atomic mass is 10.2. The summed E-state index contributed by atoms with van der Waals surface area (Å²) < 4.78 is 0.699. The fraction of sp³-hybridized carbons (Fsp3) is 0.188. The monoisotopic (exact) mass is 439 g/mol. The topological polar surface area (TPSA) is 70.2 Å². The Kier molecular flexibility index (Phi) is 5.51. The van der Waals surface area contributed by atoms with Crippen LogP contribution >= 0.6 is 39.3 Å². The third-order valence-electron chi connectivity index (χ3n) is 3.47. The van der Waals surface area contributed by atoms with Crippen LogP contribution in [0.1, 0.15) is 11.4 Å². The minimum absolute atomic E-state index is 0.220. The second-order valence-electron chi connectivity index (χ2n) is 5.31. The predicted octanol–water partition coefficient (Wildman–Crippen LogP) is 4.00. The van der Waals surface area contributed by atoms with Crippen molar-refractivity contribution in [3.05, 3.63) is 56.5 Å². The number of carbonyl (C=O) groups is 1. The molecule has 1 amide bonds. The molecule has 0 radical (unpaired) electrons. The first-order valence-corrected chi connectivity index (χ1v) is 9.43. The summed E-state index contributed by atoms with van der Waals surface area (Å²) in [5.41, 5.74) is 1.69. The highest BCUT2D eigenvalue weighted by Crippen LogP contribution is 2.40. The van der Waals surface area contributed by atoms with Gasteiger partial charge in [0, 0.05) is 12.3 Å². The number of halogens is 2. The molecular weight excluding hydrogens is 426 g/mol. The highest BCUT2D eigenvalue weighted by molar-refractivity contribution is 9.10. The Hall–Kier alpha value is -1.77. The number of rotatable bonds is 5. The number of amides is 1. The number of thioether (sulfide) groups is 1. The highest BCUT2D eigenvalue weighted by atomic mass is 79.9. The number of carbonyl (C=O) groups excluding carboxylic acids is 1. The van der Waals surface area contributed by atoms with Gasteiger partial charge in [-0.05, 0) is 41.4 Å². The summed E-state index contributed by atoms with van der Waals surface area (Å²) in [6.07, 6.45) is 2.51. The zero-order valence-electron chi connectivity index (χ0n) is 13.5. The first kappa shape index (κ1) is 18.0. The molecule has 130 valence electrons. The van der Waals surface area contributed by atoms with Crippen LogP contribution in [0, 0.1) is 13.8 Å². The normalized spacial score (nSPS) is 16.6. The standard InChI is InChI=1S/C16H15BrClN5OS/c1-9-4-3-5-11(18)15(9)23-7-14(19-8-24)25-16(23)22-13-6-12(17)20-10(2)21-13/h3-8,16H,1-2H3,(H,19,24)(H,20,21,22). The second kappa shape index (κ2) is 7.63. The molecule has 1 atom stereocenters. The first-order valence-electron chi connectivity index (χ1n) is 7.38. The van der Waals surface area contributed by atoms with Crippen LogP contribution in [0.3, 0.4) is 0 Å². The van der Waals surface area contributed by atoms with E-state index in [0.29, 0.717) is 27.7 Å². The van der Waals surface area contributed by atoms with Crippen LogP contribution in [0.25, 0.3) is 0 Å². The molecular formula is C16H15BrClN5OS. The van der Waals surface area contributed by atoms with Crippen LogP contribution < -0.4 is 15.5 Å². The van der Waals surface area contributed by atoms with E-state index in [1.165, 1.54) is 11.8 Å². The summed E-state index contributed by atoms with van der Waals surface area (Å²) in [4.78, 5) is 21.4. The van der Waals surface area contributed by atoms with Crippen LogP contribution in [-0.2, 0) is 4.79 Å². The van der Waals surface area contributed by atoms with Crippen LogP contribution in [0.5, 0.6) is 0 Å². The number of hydrogen-bond acceptors (Lipinski definition) is 6. The summed E-state index contributed by atoms with van der Waals surface area (Å²) in [7, 11) is 0. The van der Waals surface area contributed by atoms with Crippen molar-refractivity contribution in [3.8, 4) is 0 Å². The summed E-state index contributed by atoms with van der Waals surface area (Å²) in [6, 6.07) is 7.55. The Morgan fingerprint density at radius 1 is 1.36 bits per heavy atom. The molecule has 25 heavy (non-hydrogen) atoms. The van der Waals surface area contributed by atoms with Crippen molar-refractivity contribution < 1.29 is 4.79 Å². The lowest BCUT2D eigenvalue weighted by Gasteiger charge is -2.28. The van der Waals surface area contributed by atoms with E-state index >= 15 is 0 Å². The van der Waals surface area contributed by atoms with Gasteiger partial charge in [-0.3, -0.25) is 4.79 Å². The molecule has 1 aromatic carbocycles. The third kappa shape index (κ3) is 4.08.